The van der Waals surface area contributed by atoms with E-state index in [0.29, 0.717) is 24.6 Å². The number of piperidine rings is 1. The number of hydrogen-bond donors (Lipinski definition) is 3. The molecule has 1 aromatic rings. The molecule has 6 nitrogen and oxygen atoms in total. The molecule has 0 radical (unpaired) electrons. The number of nitrogens with two attached hydrogens (primary N) is 1. The Morgan fingerprint density at radius 2 is 1.96 bits per heavy atom. The first-order chi connectivity index (χ1) is 11.3. The summed E-state index contributed by atoms with van der Waals surface area (Å²) in [7, 11) is 0. The van der Waals surface area contributed by atoms with Gasteiger partial charge in [-0.05, 0) is 37.1 Å². The predicted molar refractivity (Wildman–Crippen MR) is 80.3 cm³/mol. The van der Waals surface area contributed by atoms with Gasteiger partial charge in [-0.3, -0.25) is 9.59 Å². The maximum atomic E-state index is 12.6. The first-order valence-electron chi connectivity index (χ1n) is 7.42. The minimum Gasteiger partial charge on any atom is -0.492 e. The number of nitrogens with one attached hydrogen (secondary N) is 2. The van der Waals surface area contributed by atoms with Crippen molar-refractivity contribution in [1.82, 2.24) is 5.32 Å². The molecule has 24 heavy (non-hydrogen) atoms. The van der Waals surface area contributed by atoms with Crippen LogP contribution in [0.15, 0.2) is 24.3 Å². The number of anilines is 1. The molecule has 9 heteroatoms. The summed E-state index contributed by atoms with van der Waals surface area (Å²) in [6, 6.07) is 4.48. The van der Waals surface area contributed by atoms with Gasteiger partial charge in [-0.1, -0.05) is 0 Å². The smallest absolute Gasteiger partial charge is 0.408 e. The molecule has 0 saturated carbocycles. The third-order valence-electron chi connectivity index (χ3n) is 3.60. The van der Waals surface area contributed by atoms with Crippen LogP contribution in [-0.2, 0) is 9.59 Å². The predicted octanol–water partition coefficient (Wildman–Crippen LogP) is 1.42. The van der Waals surface area contributed by atoms with E-state index in [9.17, 15) is 22.8 Å². The zero-order valence-electron chi connectivity index (χ0n) is 12.7. The van der Waals surface area contributed by atoms with Gasteiger partial charge < -0.3 is 21.1 Å². The van der Waals surface area contributed by atoms with E-state index in [2.05, 4.69) is 5.32 Å². The van der Waals surface area contributed by atoms with E-state index < -0.39 is 30.0 Å². The van der Waals surface area contributed by atoms with E-state index in [4.69, 9.17) is 10.5 Å². The summed E-state index contributed by atoms with van der Waals surface area (Å²) in [5, 5.41) is 4.37. The van der Waals surface area contributed by atoms with Crippen molar-refractivity contribution in [3.63, 3.8) is 0 Å². The van der Waals surface area contributed by atoms with Crippen molar-refractivity contribution < 1.29 is 27.5 Å². The Labute approximate surface area is 136 Å². The van der Waals surface area contributed by atoms with Crippen LogP contribution in [0.1, 0.15) is 12.8 Å². The van der Waals surface area contributed by atoms with Crippen molar-refractivity contribution >= 4 is 17.5 Å². The van der Waals surface area contributed by atoms with Gasteiger partial charge in [0.05, 0.1) is 0 Å². The van der Waals surface area contributed by atoms with Crippen molar-refractivity contribution in [2.24, 2.45) is 11.7 Å². The molecule has 4 N–H and O–H groups in total. The molecule has 1 fully saturated rings. The highest BCUT2D eigenvalue weighted by Crippen LogP contribution is 2.29. The monoisotopic (exact) mass is 345 g/mol. The average molecular weight is 345 g/mol. The molecular formula is C15H18F3N3O3. The third kappa shape index (κ3) is 4.60. The summed E-state index contributed by atoms with van der Waals surface area (Å²) in [5.74, 6) is -2.12. The first-order valence-corrected chi connectivity index (χ1v) is 7.42. The Kier molecular flexibility index (Phi) is 5.66. The van der Waals surface area contributed by atoms with Gasteiger partial charge in [-0.15, -0.1) is 0 Å². The van der Waals surface area contributed by atoms with Crippen molar-refractivity contribution in [2.45, 2.75) is 25.1 Å². The van der Waals surface area contributed by atoms with Gasteiger partial charge in [0.2, 0.25) is 11.8 Å². The molecule has 1 aliphatic heterocycles. The number of amides is 2. The highest BCUT2D eigenvalue weighted by atomic mass is 19.4. The summed E-state index contributed by atoms with van der Waals surface area (Å²) < 4.78 is 43.0. The lowest BCUT2D eigenvalue weighted by molar-refractivity contribution is -0.170. The largest absolute Gasteiger partial charge is 0.492 e. The van der Waals surface area contributed by atoms with Crippen molar-refractivity contribution in [3.05, 3.63) is 24.3 Å². The van der Waals surface area contributed by atoms with Crippen LogP contribution in [0.2, 0.25) is 0 Å². The lowest BCUT2D eigenvalue weighted by Gasteiger charge is -2.29. The van der Waals surface area contributed by atoms with Crippen molar-refractivity contribution in [2.75, 3.05) is 18.5 Å². The fourth-order valence-electron chi connectivity index (χ4n) is 2.35. The van der Waals surface area contributed by atoms with E-state index in [-0.39, 0.29) is 12.8 Å². The molecular weight excluding hydrogens is 327 g/mol. The van der Waals surface area contributed by atoms with Crippen LogP contribution in [0.4, 0.5) is 18.9 Å². The molecule has 2 rings (SSSR count). The lowest BCUT2D eigenvalue weighted by atomic mass is 9.92. The quantitative estimate of drug-likeness (QED) is 0.704. The van der Waals surface area contributed by atoms with Gasteiger partial charge in [0.1, 0.15) is 24.3 Å². The highest BCUT2D eigenvalue weighted by Gasteiger charge is 2.45. The second-order valence-corrected chi connectivity index (χ2v) is 5.38. The molecule has 2 amide bonds. The summed E-state index contributed by atoms with van der Waals surface area (Å²) >= 11 is 0. The number of carbonyl (C=O) groups is 2. The molecule has 2 unspecified atom stereocenters. The van der Waals surface area contributed by atoms with Gasteiger partial charge in [0, 0.05) is 12.2 Å². The van der Waals surface area contributed by atoms with Crippen LogP contribution in [0.3, 0.4) is 0 Å². The van der Waals surface area contributed by atoms with Crippen molar-refractivity contribution in [1.29, 1.82) is 0 Å². The summed E-state index contributed by atoms with van der Waals surface area (Å²) in [6.45, 7) is 0.725. The topological polar surface area (TPSA) is 93.4 Å². The van der Waals surface area contributed by atoms with Gasteiger partial charge >= 0.3 is 6.18 Å². The number of halogens is 3. The fourth-order valence-corrected chi connectivity index (χ4v) is 2.35. The van der Waals surface area contributed by atoms with E-state index in [1.54, 1.807) is 24.3 Å². The zero-order valence-corrected chi connectivity index (χ0v) is 12.7. The van der Waals surface area contributed by atoms with Crippen LogP contribution < -0.4 is 21.1 Å². The lowest BCUT2D eigenvalue weighted by Crippen LogP contribution is -2.53. The molecule has 1 aromatic carbocycles. The second-order valence-electron chi connectivity index (χ2n) is 5.38. The number of benzene rings is 1. The molecule has 132 valence electrons. The van der Waals surface area contributed by atoms with Crippen LogP contribution in [0, 0.1) is 5.92 Å². The molecule has 1 heterocycles. The Hall–Kier alpha value is -2.29. The summed E-state index contributed by atoms with van der Waals surface area (Å²) in [6.07, 6.45) is -4.98. The molecule has 2 atom stereocenters. The number of hydrogen-bond acceptors (Lipinski definition) is 4. The Morgan fingerprint density at radius 3 is 2.50 bits per heavy atom. The minimum atomic E-state index is -4.50. The van der Waals surface area contributed by atoms with Gasteiger partial charge in [-0.2, -0.15) is 13.2 Å². The van der Waals surface area contributed by atoms with Gasteiger partial charge in [0.25, 0.3) is 0 Å². The molecule has 0 spiro atoms. The molecule has 1 saturated heterocycles. The first kappa shape index (κ1) is 18.1. The van der Waals surface area contributed by atoms with E-state index >= 15 is 0 Å². The average Bonchev–Trinajstić information content (AvgIpc) is 2.53. The molecule has 0 bridgehead atoms. The number of rotatable bonds is 5. The maximum Gasteiger partial charge on any atom is 0.408 e. The molecule has 1 aliphatic rings. The Balaban J connectivity index is 1.92. The van der Waals surface area contributed by atoms with Crippen LogP contribution in [0.5, 0.6) is 5.75 Å². The van der Waals surface area contributed by atoms with E-state index in [1.807, 2.05) is 5.32 Å². The molecule has 0 aromatic heterocycles. The maximum absolute atomic E-state index is 12.6. The Bertz CT molecular complexity index is 590. The van der Waals surface area contributed by atoms with Crippen LogP contribution in [-0.4, -0.2) is 37.2 Å². The second kappa shape index (κ2) is 7.52. The Morgan fingerprint density at radius 1 is 1.29 bits per heavy atom. The normalized spacial score (nSPS) is 21.1. The summed E-state index contributed by atoms with van der Waals surface area (Å²) in [4.78, 5) is 23.8. The van der Waals surface area contributed by atoms with E-state index in [1.165, 1.54) is 0 Å². The number of carbonyl (C=O) groups excluding carboxylic acids is 2. The fraction of sp³-hybridized carbons (Fsp3) is 0.467. The summed E-state index contributed by atoms with van der Waals surface area (Å²) in [5.41, 5.74) is 5.74. The highest BCUT2D eigenvalue weighted by molar-refractivity contribution is 6.06. The van der Waals surface area contributed by atoms with Crippen molar-refractivity contribution in [3.8, 4) is 5.75 Å². The standard InChI is InChI=1S/C15H18F3N3O3/c16-15(17,18)12-6-5-11(14(23)21-12)13(22)20-9-1-3-10(4-2-9)24-8-7-19/h1-4,11-12H,5-8,19H2,(H,20,22)(H,21,23). The van der Waals surface area contributed by atoms with Gasteiger partial charge in [-0.25, -0.2) is 0 Å². The molecule has 0 aliphatic carbocycles. The van der Waals surface area contributed by atoms with Crippen LogP contribution in [0.25, 0.3) is 0 Å². The SMILES string of the molecule is NCCOc1ccc(NC(=O)C2CCC(C(F)(F)F)NC2=O)cc1. The number of alkyl halides is 3. The van der Waals surface area contributed by atoms with Crippen LogP contribution >= 0.6 is 0 Å². The zero-order chi connectivity index (χ0) is 17.7. The van der Waals surface area contributed by atoms with Gasteiger partial charge in [0.15, 0.2) is 0 Å². The minimum absolute atomic E-state index is 0.153. The number of ether oxygens (including phenoxy) is 1. The van der Waals surface area contributed by atoms with E-state index in [0.717, 1.165) is 0 Å². The third-order valence-corrected chi connectivity index (χ3v) is 3.60.